The van der Waals surface area contributed by atoms with Crippen LogP contribution in [0.25, 0.3) is 10.9 Å². The molecule has 0 radical (unpaired) electrons. The van der Waals surface area contributed by atoms with Gasteiger partial charge in [0.05, 0.1) is 23.7 Å². The SMILES string of the molecule is CC[C@@H]1CN(CC(SC)SC)[C@H]2C[C@@H]1[C@H](C(=O)OC)Cn1c2cc2ccccc21. The molecule has 0 spiro atoms. The van der Waals surface area contributed by atoms with E-state index in [0.29, 0.717) is 22.5 Å². The van der Waals surface area contributed by atoms with Crippen molar-refractivity contribution in [3.8, 4) is 0 Å². The summed E-state index contributed by atoms with van der Waals surface area (Å²) in [7, 11) is 1.54. The summed E-state index contributed by atoms with van der Waals surface area (Å²) >= 11 is 3.89. The highest BCUT2D eigenvalue weighted by molar-refractivity contribution is 8.16. The van der Waals surface area contributed by atoms with Crippen molar-refractivity contribution < 1.29 is 9.53 Å². The fourth-order valence-corrected chi connectivity index (χ4v) is 6.93. The van der Waals surface area contributed by atoms with Gasteiger partial charge < -0.3 is 9.30 Å². The van der Waals surface area contributed by atoms with Crippen LogP contribution >= 0.6 is 23.5 Å². The number of rotatable bonds is 6. The highest BCUT2D eigenvalue weighted by Gasteiger charge is 2.46. The number of esters is 1. The third-order valence-electron chi connectivity index (χ3n) is 7.03. The Hall–Kier alpha value is -1.11. The lowest BCUT2D eigenvalue weighted by Crippen LogP contribution is -2.46. The Morgan fingerprint density at radius 3 is 2.69 bits per heavy atom. The number of benzene rings is 1. The van der Waals surface area contributed by atoms with E-state index in [-0.39, 0.29) is 11.9 Å². The van der Waals surface area contributed by atoms with Crippen molar-refractivity contribution in [3.63, 3.8) is 0 Å². The molecule has 1 saturated heterocycles. The Morgan fingerprint density at radius 2 is 2.00 bits per heavy atom. The first-order valence-corrected chi connectivity index (χ1v) is 13.1. The Morgan fingerprint density at radius 1 is 1.24 bits per heavy atom. The topological polar surface area (TPSA) is 34.5 Å². The first-order chi connectivity index (χ1) is 14.1. The van der Waals surface area contributed by atoms with Gasteiger partial charge in [-0.25, -0.2) is 0 Å². The van der Waals surface area contributed by atoms with Crippen molar-refractivity contribution in [1.82, 2.24) is 9.47 Å². The van der Waals surface area contributed by atoms with Gasteiger partial charge in [-0.2, -0.15) is 0 Å². The number of methoxy groups -OCH3 is 1. The van der Waals surface area contributed by atoms with Crippen LogP contribution in [0.3, 0.4) is 0 Å². The molecule has 2 aromatic rings. The first kappa shape index (κ1) is 21.1. The van der Waals surface area contributed by atoms with Gasteiger partial charge in [0.1, 0.15) is 0 Å². The minimum atomic E-state index is -0.0662. The molecule has 158 valence electrons. The highest BCUT2D eigenvalue weighted by Crippen LogP contribution is 2.47. The molecule has 4 atom stereocenters. The maximum atomic E-state index is 12.8. The Kier molecular flexibility index (Phi) is 6.52. The molecule has 2 aliphatic rings. The van der Waals surface area contributed by atoms with Gasteiger partial charge in [0.15, 0.2) is 0 Å². The van der Waals surface area contributed by atoms with E-state index in [2.05, 4.69) is 59.2 Å². The van der Waals surface area contributed by atoms with Crippen LogP contribution in [0.1, 0.15) is 31.5 Å². The predicted molar refractivity (Wildman–Crippen MR) is 124 cm³/mol. The van der Waals surface area contributed by atoms with Crippen LogP contribution < -0.4 is 0 Å². The Bertz CT molecular complexity index is 864. The van der Waals surface area contributed by atoms with E-state index >= 15 is 0 Å². The summed E-state index contributed by atoms with van der Waals surface area (Å²) in [5, 5.41) is 1.27. The van der Waals surface area contributed by atoms with Gasteiger partial charge in [0.25, 0.3) is 0 Å². The second-order valence-electron chi connectivity index (χ2n) is 8.31. The number of fused-ring (bicyclic) bond motifs is 6. The van der Waals surface area contributed by atoms with E-state index in [1.807, 2.05) is 23.5 Å². The van der Waals surface area contributed by atoms with E-state index < -0.39 is 0 Å². The zero-order valence-electron chi connectivity index (χ0n) is 17.8. The van der Waals surface area contributed by atoms with Crippen LogP contribution in [-0.4, -0.2) is 52.7 Å². The number of ether oxygens (including phenoxy) is 1. The molecule has 1 aromatic heterocycles. The monoisotopic (exact) mass is 432 g/mol. The number of piperidine rings is 1. The van der Waals surface area contributed by atoms with Gasteiger partial charge in [-0.15, -0.1) is 23.5 Å². The maximum Gasteiger partial charge on any atom is 0.310 e. The van der Waals surface area contributed by atoms with Crippen LogP contribution in [0.15, 0.2) is 30.3 Å². The number of aromatic nitrogens is 1. The quantitative estimate of drug-likeness (QED) is 0.480. The van der Waals surface area contributed by atoms with Gasteiger partial charge in [0.2, 0.25) is 0 Å². The predicted octanol–water partition coefficient (Wildman–Crippen LogP) is 4.89. The summed E-state index contributed by atoms with van der Waals surface area (Å²) in [5.41, 5.74) is 2.61. The van der Waals surface area contributed by atoms with Crippen LogP contribution in [0.4, 0.5) is 0 Å². The van der Waals surface area contributed by atoms with Gasteiger partial charge in [-0.3, -0.25) is 9.69 Å². The smallest absolute Gasteiger partial charge is 0.310 e. The van der Waals surface area contributed by atoms with Crippen molar-refractivity contribution in [2.45, 2.75) is 36.9 Å². The first-order valence-electron chi connectivity index (χ1n) is 10.6. The molecule has 2 aliphatic heterocycles. The van der Waals surface area contributed by atoms with Crippen molar-refractivity contribution in [1.29, 1.82) is 0 Å². The van der Waals surface area contributed by atoms with E-state index in [1.54, 1.807) is 0 Å². The average Bonchev–Trinajstić information content (AvgIpc) is 3.06. The van der Waals surface area contributed by atoms with E-state index in [0.717, 1.165) is 32.5 Å². The molecular formula is C23H32N2O2S2. The minimum absolute atomic E-state index is 0.0441. The number of thioether (sulfide) groups is 2. The third-order valence-corrected chi connectivity index (χ3v) is 9.53. The van der Waals surface area contributed by atoms with E-state index in [1.165, 1.54) is 23.7 Å². The molecule has 1 aromatic carbocycles. The van der Waals surface area contributed by atoms with E-state index in [4.69, 9.17) is 4.74 Å². The average molecular weight is 433 g/mol. The summed E-state index contributed by atoms with van der Waals surface area (Å²) in [4.78, 5) is 15.5. The van der Waals surface area contributed by atoms with Gasteiger partial charge in [-0.05, 0) is 48.3 Å². The number of likely N-dealkylation sites (tertiary alicyclic amines) is 1. The second kappa shape index (κ2) is 8.94. The van der Waals surface area contributed by atoms with Gasteiger partial charge >= 0.3 is 5.97 Å². The molecule has 4 nitrogen and oxygen atoms in total. The standard InChI is InChI=1S/C23H32N2O2S2/c1-5-15-12-24(14-22(28-3)29-4)20-11-17(15)18(23(26)27-2)13-25-19-9-7-6-8-16(19)10-21(20)25/h6-10,15,17-18,20,22H,5,11-14H2,1-4H3/t15-,17+,18-,20+/m1/s1. The van der Waals surface area contributed by atoms with Crippen LogP contribution in [-0.2, 0) is 16.1 Å². The molecule has 4 rings (SSSR count). The molecule has 0 N–H and O–H groups in total. The molecule has 0 unspecified atom stereocenters. The van der Waals surface area contributed by atoms with Crippen molar-refractivity contribution >= 4 is 40.4 Å². The Balaban J connectivity index is 1.81. The summed E-state index contributed by atoms with van der Waals surface area (Å²) in [6.07, 6.45) is 6.58. The lowest BCUT2D eigenvalue weighted by Gasteiger charge is -2.45. The number of carbonyl (C=O) groups excluding carboxylic acids is 1. The number of carbonyl (C=O) groups is 1. The maximum absolute atomic E-state index is 12.8. The summed E-state index contributed by atoms with van der Waals surface area (Å²) in [6.45, 7) is 5.16. The van der Waals surface area contributed by atoms with Crippen molar-refractivity contribution in [2.75, 3.05) is 32.7 Å². The van der Waals surface area contributed by atoms with Crippen molar-refractivity contribution in [2.24, 2.45) is 17.8 Å². The molecule has 29 heavy (non-hydrogen) atoms. The number of nitrogens with zero attached hydrogens (tertiary/aromatic N) is 2. The fraction of sp³-hybridized carbons (Fsp3) is 0.609. The molecular weight excluding hydrogens is 400 g/mol. The number of para-hydroxylation sites is 1. The zero-order valence-corrected chi connectivity index (χ0v) is 19.5. The summed E-state index contributed by atoms with van der Waals surface area (Å²) < 4.78 is 8.27. The summed E-state index contributed by atoms with van der Waals surface area (Å²) in [5.74, 6) is 0.811. The van der Waals surface area contributed by atoms with Crippen LogP contribution in [0.5, 0.6) is 0 Å². The molecule has 1 fully saturated rings. The lowest BCUT2D eigenvalue weighted by molar-refractivity contribution is -0.150. The molecule has 2 bridgehead atoms. The van der Waals surface area contributed by atoms with E-state index in [9.17, 15) is 4.79 Å². The van der Waals surface area contributed by atoms with Gasteiger partial charge in [-0.1, -0.05) is 31.5 Å². The van der Waals surface area contributed by atoms with Crippen LogP contribution in [0.2, 0.25) is 0 Å². The summed E-state index contributed by atoms with van der Waals surface area (Å²) in [6, 6.07) is 11.3. The fourth-order valence-electron chi connectivity index (χ4n) is 5.48. The zero-order chi connectivity index (χ0) is 20.5. The lowest BCUT2D eigenvalue weighted by atomic mass is 9.73. The highest BCUT2D eigenvalue weighted by atomic mass is 32.2. The molecule has 6 heteroatoms. The number of hydrogen-bond donors (Lipinski definition) is 0. The number of hydrogen-bond acceptors (Lipinski definition) is 5. The molecule has 0 aliphatic carbocycles. The molecule has 3 heterocycles. The second-order valence-corrected chi connectivity index (χ2v) is 10.7. The minimum Gasteiger partial charge on any atom is -0.469 e. The van der Waals surface area contributed by atoms with Crippen molar-refractivity contribution in [3.05, 3.63) is 36.0 Å². The van der Waals surface area contributed by atoms with Crippen LogP contribution in [0, 0.1) is 17.8 Å². The molecule has 0 saturated carbocycles. The largest absolute Gasteiger partial charge is 0.469 e. The Labute approximate surface area is 182 Å². The third kappa shape index (κ3) is 3.84. The normalized spacial score (nSPS) is 27.1. The molecule has 0 amide bonds. The van der Waals surface area contributed by atoms with Gasteiger partial charge in [0, 0.05) is 30.8 Å².